The number of methoxy groups -OCH3 is 1. The average molecular weight is 240 g/mol. The third kappa shape index (κ3) is 1.74. The first kappa shape index (κ1) is 10.8. The Balaban J connectivity index is 2.10. The molecule has 3 rings (SSSR count). The van der Waals surface area contributed by atoms with Crippen molar-refractivity contribution in [3.63, 3.8) is 0 Å². The van der Waals surface area contributed by atoms with Gasteiger partial charge in [-0.05, 0) is 30.3 Å². The number of pyridine rings is 1. The molecule has 0 atom stereocenters. The minimum atomic E-state index is 0.846. The summed E-state index contributed by atoms with van der Waals surface area (Å²) in [5.74, 6) is 1.70. The van der Waals surface area contributed by atoms with Crippen LogP contribution >= 0.6 is 0 Å². The van der Waals surface area contributed by atoms with Gasteiger partial charge in [0.2, 0.25) is 11.5 Å². The van der Waals surface area contributed by atoms with E-state index in [1.807, 2.05) is 60.0 Å². The lowest BCUT2D eigenvalue weighted by Crippen LogP contribution is -2.21. The summed E-state index contributed by atoms with van der Waals surface area (Å²) in [6, 6.07) is 16.0. The van der Waals surface area contributed by atoms with Crippen LogP contribution in [0.4, 0.5) is 0 Å². The first-order valence-electron chi connectivity index (χ1n) is 5.84. The van der Waals surface area contributed by atoms with Gasteiger partial charge in [0.05, 0.1) is 13.2 Å². The largest absolute Gasteiger partial charge is 0.497 e. The number of benzene rings is 1. The van der Waals surface area contributed by atoms with E-state index in [-0.39, 0.29) is 0 Å². The fraction of sp³-hybridized carbons (Fsp3) is 0.133. The third-order valence-corrected chi connectivity index (χ3v) is 3.00. The SMILES string of the molecule is COc1ccc(-c2cc3cccc(C)[n+]3o2)cc1. The van der Waals surface area contributed by atoms with E-state index in [4.69, 9.17) is 9.26 Å². The van der Waals surface area contributed by atoms with Gasteiger partial charge in [-0.15, -0.1) is 0 Å². The Morgan fingerprint density at radius 2 is 1.83 bits per heavy atom. The summed E-state index contributed by atoms with van der Waals surface area (Å²) < 4.78 is 12.8. The highest BCUT2D eigenvalue weighted by Crippen LogP contribution is 2.22. The Hall–Kier alpha value is -2.29. The van der Waals surface area contributed by atoms with Gasteiger partial charge < -0.3 is 4.74 Å². The fourth-order valence-electron chi connectivity index (χ4n) is 2.01. The Labute approximate surface area is 105 Å². The van der Waals surface area contributed by atoms with Crippen molar-refractivity contribution in [2.75, 3.05) is 7.11 Å². The molecule has 0 fully saturated rings. The minimum absolute atomic E-state index is 0.846. The molecule has 0 aliphatic heterocycles. The van der Waals surface area contributed by atoms with Gasteiger partial charge in [-0.25, -0.2) is 4.52 Å². The summed E-state index contributed by atoms with van der Waals surface area (Å²) in [5, 5.41) is 0. The van der Waals surface area contributed by atoms with Crippen LogP contribution in [0, 0.1) is 6.92 Å². The van der Waals surface area contributed by atoms with E-state index in [1.165, 1.54) is 0 Å². The zero-order valence-corrected chi connectivity index (χ0v) is 10.4. The van der Waals surface area contributed by atoms with Crippen molar-refractivity contribution < 1.29 is 13.8 Å². The van der Waals surface area contributed by atoms with E-state index < -0.39 is 0 Å². The van der Waals surface area contributed by atoms with Gasteiger partial charge in [0.25, 0.3) is 5.52 Å². The first-order chi connectivity index (χ1) is 8.78. The van der Waals surface area contributed by atoms with Crippen molar-refractivity contribution >= 4 is 5.52 Å². The second kappa shape index (κ2) is 4.18. The summed E-state index contributed by atoms with van der Waals surface area (Å²) >= 11 is 0. The molecule has 3 nitrogen and oxygen atoms in total. The molecular formula is C15H14NO2+. The molecule has 2 heterocycles. The second-order valence-corrected chi connectivity index (χ2v) is 4.21. The molecular weight excluding hydrogens is 226 g/mol. The average Bonchev–Trinajstić information content (AvgIpc) is 2.84. The van der Waals surface area contributed by atoms with E-state index in [0.29, 0.717) is 0 Å². The predicted octanol–water partition coefficient (Wildman–Crippen LogP) is 3.00. The van der Waals surface area contributed by atoms with Crippen molar-refractivity contribution in [1.82, 2.24) is 0 Å². The fourth-order valence-corrected chi connectivity index (χ4v) is 2.01. The number of hydrogen-bond acceptors (Lipinski definition) is 2. The number of hydrogen-bond donors (Lipinski definition) is 0. The number of aryl methyl sites for hydroxylation is 1. The highest BCUT2D eigenvalue weighted by atomic mass is 16.5. The van der Waals surface area contributed by atoms with E-state index in [2.05, 4.69) is 0 Å². The molecule has 0 spiro atoms. The van der Waals surface area contributed by atoms with Crippen molar-refractivity contribution in [3.05, 3.63) is 54.2 Å². The van der Waals surface area contributed by atoms with Crippen LogP contribution in [0.15, 0.2) is 53.1 Å². The Morgan fingerprint density at radius 1 is 1.06 bits per heavy atom. The van der Waals surface area contributed by atoms with Crippen molar-refractivity contribution in [3.8, 4) is 17.1 Å². The van der Waals surface area contributed by atoms with Gasteiger partial charge in [-0.2, -0.15) is 0 Å². The second-order valence-electron chi connectivity index (χ2n) is 4.21. The molecule has 0 aliphatic rings. The molecule has 1 aromatic carbocycles. The van der Waals surface area contributed by atoms with E-state index in [0.717, 1.165) is 28.3 Å². The lowest BCUT2D eigenvalue weighted by atomic mass is 10.1. The van der Waals surface area contributed by atoms with Crippen molar-refractivity contribution in [1.29, 1.82) is 0 Å². The Bertz CT molecular complexity index is 683. The quantitative estimate of drug-likeness (QED) is 0.644. The molecule has 3 heteroatoms. The van der Waals surface area contributed by atoms with Crippen molar-refractivity contribution in [2.24, 2.45) is 0 Å². The van der Waals surface area contributed by atoms with Gasteiger partial charge >= 0.3 is 0 Å². The molecule has 0 amide bonds. The molecule has 18 heavy (non-hydrogen) atoms. The van der Waals surface area contributed by atoms with Crippen molar-refractivity contribution in [2.45, 2.75) is 6.92 Å². The zero-order chi connectivity index (χ0) is 12.5. The topological polar surface area (TPSA) is 26.5 Å². The van der Waals surface area contributed by atoms with Crippen LogP contribution in [-0.2, 0) is 0 Å². The van der Waals surface area contributed by atoms with Gasteiger partial charge in [-0.1, -0.05) is 0 Å². The molecule has 0 N–H and O–H groups in total. The number of fused-ring (bicyclic) bond motifs is 1. The van der Waals surface area contributed by atoms with Crippen LogP contribution < -0.4 is 9.31 Å². The standard InChI is InChI=1S/C15H14NO2/c1-11-4-3-5-13-10-15(18-16(11)13)12-6-8-14(17-2)9-7-12/h3-10H,1-2H3/q+1. The monoisotopic (exact) mass is 240 g/mol. The normalized spacial score (nSPS) is 10.8. The lowest BCUT2D eigenvalue weighted by Gasteiger charge is -1.98. The summed E-state index contributed by atoms with van der Waals surface area (Å²) in [7, 11) is 1.66. The molecule has 0 aliphatic carbocycles. The van der Waals surface area contributed by atoms with Crippen LogP contribution in [-0.4, -0.2) is 7.11 Å². The smallest absolute Gasteiger partial charge is 0.262 e. The zero-order valence-electron chi connectivity index (χ0n) is 10.4. The molecule has 3 aromatic rings. The molecule has 90 valence electrons. The maximum atomic E-state index is 5.83. The Morgan fingerprint density at radius 3 is 2.50 bits per heavy atom. The van der Waals surface area contributed by atoms with Crippen LogP contribution in [0.2, 0.25) is 0 Å². The predicted molar refractivity (Wildman–Crippen MR) is 68.6 cm³/mol. The lowest BCUT2D eigenvalue weighted by molar-refractivity contribution is -0.720. The summed E-state index contributed by atoms with van der Waals surface area (Å²) in [6.45, 7) is 2.02. The maximum absolute atomic E-state index is 5.83. The molecule has 0 saturated heterocycles. The maximum Gasteiger partial charge on any atom is 0.262 e. The van der Waals surface area contributed by atoms with E-state index >= 15 is 0 Å². The van der Waals surface area contributed by atoms with Gasteiger partial charge in [-0.3, -0.25) is 0 Å². The van der Waals surface area contributed by atoms with Gasteiger partial charge in [0.1, 0.15) is 5.75 Å². The summed E-state index contributed by atoms with van der Waals surface area (Å²) in [6.07, 6.45) is 0. The summed E-state index contributed by atoms with van der Waals surface area (Å²) in [5.41, 5.74) is 3.17. The van der Waals surface area contributed by atoms with Crippen LogP contribution in [0.25, 0.3) is 16.8 Å². The molecule has 0 saturated carbocycles. The third-order valence-electron chi connectivity index (χ3n) is 3.00. The number of nitrogens with zero attached hydrogens (tertiary/aromatic N) is 1. The van der Waals surface area contributed by atoms with Crippen LogP contribution in [0.1, 0.15) is 5.69 Å². The van der Waals surface area contributed by atoms with Crippen LogP contribution in [0.3, 0.4) is 0 Å². The number of aromatic nitrogens is 1. The van der Waals surface area contributed by atoms with Crippen LogP contribution in [0.5, 0.6) is 5.75 Å². The van der Waals surface area contributed by atoms with Gasteiger partial charge in [0.15, 0.2) is 0 Å². The first-order valence-corrected chi connectivity index (χ1v) is 5.84. The highest BCUT2D eigenvalue weighted by molar-refractivity contribution is 5.62. The molecule has 0 bridgehead atoms. The molecule has 2 aromatic heterocycles. The Kier molecular flexibility index (Phi) is 2.52. The molecule has 0 radical (unpaired) electrons. The molecule has 0 unspecified atom stereocenters. The summed E-state index contributed by atoms with van der Waals surface area (Å²) in [4.78, 5) is 0. The van der Waals surface area contributed by atoms with E-state index in [9.17, 15) is 0 Å². The van der Waals surface area contributed by atoms with Gasteiger partial charge in [0, 0.05) is 29.2 Å². The highest BCUT2D eigenvalue weighted by Gasteiger charge is 2.15. The minimum Gasteiger partial charge on any atom is -0.497 e. The van der Waals surface area contributed by atoms with E-state index in [1.54, 1.807) is 7.11 Å². The number of rotatable bonds is 2. The number of ether oxygens (including phenoxy) is 1.